The Morgan fingerprint density at radius 2 is 1.67 bits per heavy atom. The summed E-state index contributed by atoms with van der Waals surface area (Å²) in [5.41, 5.74) is 1.59. The number of rotatable bonds is 9. The van der Waals surface area contributed by atoms with Crippen LogP contribution in [0.5, 0.6) is 0 Å². The number of aryl methyl sites for hydroxylation is 1. The average Bonchev–Trinajstić information content (AvgIpc) is 3.28. The zero-order chi connectivity index (χ0) is 21.5. The lowest BCUT2D eigenvalue weighted by molar-refractivity contribution is -0.123. The predicted molar refractivity (Wildman–Crippen MR) is 117 cm³/mol. The molecule has 2 amide bonds. The smallest absolute Gasteiger partial charge is 0.341 e. The fraction of sp³-hybridized carbons (Fsp3) is 0.667. The number of carbonyl (C=O) groups is 3. The Labute approximate surface area is 181 Å². The highest BCUT2D eigenvalue weighted by Gasteiger charge is 2.29. The van der Waals surface area contributed by atoms with Gasteiger partial charge in [0, 0.05) is 37.6 Å². The Morgan fingerprint density at radius 1 is 1.00 bits per heavy atom. The molecule has 2 aliphatic rings. The van der Waals surface area contributed by atoms with E-state index in [9.17, 15) is 14.4 Å². The molecule has 1 aromatic rings. The van der Waals surface area contributed by atoms with E-state index in [2.05, 4.69) is 20.4 Å². The van der Waals surface area contributed by atoms with Gasteiger partial charge in [-0.05, 0) is 38.2 Å². The summed E-state index contributed by atoms with van der Waals surface area (Å²) in [6.45, 7) is 8.52. The summed E-state index contributed by atoms with van der Waals surface area (Å²) in [7, 11) is 0. The van der Waals surface area contributed by atoms with E-state index in [1.807, 2.05) is 6.92 Å². The van der Waals surface area contributed by atoms with Gasteiger partial charge in [-0.2, -0.15) is 0 Å². The third-order valence-corrected chi connectivity index (χ3v) is 6.63. The molecule has 0 atom stereocenters. The molecule has 1 aliphatic heterocycles. The summed E-state index contributed by atoms with van der Waals surface area (Å²) in [5.74, 6) is -0.406. The van der Waals surface area contributed by atoms with E-state index in [-0.39, 0.29) is 24.3 Å². The number of thiophene rings is 1. The van der Waals surface area contributed by atoms with Gasteiger partial charge in [0.2, 0.25) is 11.8 Å². The van der Waals surface area contributed by atoms with Crippen LogP contribution < -0.4 is 10.6 Å². The molecule has 0 spiro atoms. The molecular weight excluding hydrogens is 404 g/mol. The summed E-state index contributed by atoms with van der Waals surface area (Å²) >= 11 is 1.50. The molecule has 0 bridgehead atoms. The monoisotopic (exact) mass is 436 g/mol. The number of hydrogen-bond donors (Lipinski definition) is 2. The summed E-state index contributed by atoms with van der Waals surface area (Å²) < 4.78 is 5.22. The van der Waals surface area contributed by atoms with E-state index in [0.29, 0.717) is 30.3 Å². The van der Waals surface area contributed by atoms with Crippen molar-refractivity contribution in [2.75, 3.05) is 57.7 Å². The van der Waals surface area contributed by atoms with Crippen molar-refractivity contribution >= 4 is 34.1 Å². The van der Waals surface area contributed by atoms with E-state index < -0.39 is 0 Å². The van der Waals surface area contributed by atoms with Crippen LogP contribution in [-0.4, -0.2) is 80.0 Å². The zero-order valence-corrected chi connectivity index (χ0v) is 18.7. The van der Waals surface area contributed by atoms with Gasteiger partial charge in [0.05, 0.1) is 25.3 Å². The molecule has 2 N–H and O–H groups in total. The van der Waals surface area contributed by atoms with Gasteiger partial charge in [-0.15, -0.1) is 11.3 Å². The Kier molecular flexibility index (Phi) is 8.24. The Hall–Kier alpha value is -1.97. The lowest BCUT2D eigenvalue weighted by Gasteiger charge is -2.33. The molecule has 3 rings (SSSR count). The highest BCUT2D eigenvalue weighted by atomic mass is 32.1. The van der Waals surface area contributed by atoms with Crippen LogP contribution in [0.15, 0.2) is 0 Å². The summed E-state index contributed by atoms with van der Waals surface area (Å²) in [6.07, 6.45) is 3.79. The summed E-state index contributed by atoms with van der Waals surface area (Å²) in [5, 5.41) is 6.47. The molecule has 0 saturated carbocycles. The number of fused-ring (bicyclic) bond motifs is 1. The van der Waals surface area contributed by atoms with E-state index in [1.54, 1.807) is 6.92 Å². The van der Waals surface area contributed by atoms with Gasteiger partial charge in [0.25, 0.3) is 0 Å². The van der Waals surface area contributed by atoms with Gasteiger partial charge in [0.1, 0.15) is 5.00 Å². The van der Waals surface area contributed by atoms with Crippen LogP contribution in [0.1, 0.15) is 47.5 Å². The molecule has 30 heavy (non-hydrogen) atoms. The minimum absolute atomic E-state index is 0.0558. The normalized spacial score (nSPS) is 16.9. The number of hydrogen-bond acceptors (Lipinski definition) is 7. The topological polar surface area (TPSA) is 91.0 Å². The second-order valence-corrected chi connectivity index (χ2v) is 8.84. The van der Waals surface area contributed by atoms with E-state index >= 15 is 0 Å². The number of anilines is 1. The molecule has 1 saturated heterocycles. The molecule has 9 heteroatoms. The van der Waals surface area contributed by atoms with Crippen molar-refractivity contribution in [2.24, 2.45) is 0 Å². The molecule has 166 valence electrons. The minimum atomic E-state index is -0.345. The minimum Gasteiger partial charge on any atom is -0.462 e. The second-order valence-electron chi connectivity index (χ2n) is 7.73. The van der Waals surface area contributed by atoms with Gasteiger partial charge in [0.15, 0.2) is 0 Å². The van der Waals surface area contributed by atoms with Crippen molar-refractivity contribution in [3.8, 4) is 0 Å². The van der Waals surface area contributed by atoms with E-state index in [0.717, 1.165) is 57.4 Å². The second kappa shape index (κ2) is 10.9. The van der Waals surface area contributed by atoms with Gasteiger partial charge in [-0.1, -0.05) is 6.92 Å². The molecular formula is C21H32N4O4S. The Bertz CT molecular complexity index is 771. The summed E-state index contributed by atoms with van der Waals surface area (Å²) in [6, 6.07) is 0. The standard InChI is InChI=1S/C21H32N4O4S/c1-3-8-22-17(26)13-24-9-11-25(12-10-24)14-18(27)23-20-19(21(28)29-4-2)15-6-5-7-16(15)30-20/h3-14H2,1-2H3,(H,22,26)(H,23,27). The Morgan fingerprint density at radius 3 is 2.30 bits per heavy atom. The number of amides is 2. The van der Waals surface area contributed by atoms with Gasteiger partial charge in [-0.3, -0.25) is 19.4 Å². The SMILES string of the molecule is CCCNC(=O)CN1CCN(CC(=O)Nc2sc3c(c2C(=O)OCC)CCC3)CC1. The molecule has 0 unspecified atom stereocenters. The maximum absolute atomic E-state index is 12.6. The number of carbonyl (C=O) groups excluding carboxylic acids is 3. The van der Waals surface area contributed by atoms with Crippen LogP contribution >= 0.6 is 11.3 Å². The highest BCUT2D eigenvalue weighted by molar-refractivity contribution is 7.17. The van der Waals surface area contributed by atoms with Crippen LogP contribution in [0.25, 0.3) is 0 Å². The highest BCUT2D eigenvalue weighted by Crippen LogP contribution is 2.39. The van der Waals surface area contributed by atoms with Crippen molar-refractivity contribution in [3.05, 3.63) is 16.0 Å². The molecule has 8 nitrogen and oxygen atoms in total. The first-order valence-electron chi connectivity index (χ1n) is 10.8. The van der Waals surface area contributed by atoms with Crippen LogP contribution in [0, 0.1) is 0 Å². The fourth-order valence-electron chi connectivity index (χ4n) is 3.91. The number of esters is 1. The Balaban J connectivity index is 1.50. The first-order chi connectivity index (χ1) is 14.5. The van der Waals surface area contributed by atoms with Gasteiger partial charge >= 0.3 is 5.97 Å². The predicted octanol–water partition coefficient (Wildman–Crippen LogP) is 1.50. The maximum Gasteiger partial charge on any atom is 0.341 e. The van der Waals surface area contributed by atoms with Crippen LogP contribution in [-0.2, 0) is 27.2 Å². The third-order valence-electron chi connectivity index (χ3n) is 5.43. The van der Waals surface area contributed by atoms with Crippen LogP contribution in [0.2, 0.25) is 0 Å². The number of nitrogens with one attached hydrogen (secondary N) is 2. The molecule has 0 radical (unpaired) electrons. The van der Waals surface area contributed by atoms with Crippen LogP contribution in [0.3, 0.4) is 0 Å². The zero-order valence-electron chi connectivity index (χ0n) is 17.9. The molecule has 0 aromatic carbocycles. The first-order valence-corrected chi connectivity index (χ1v) is 11.7. The van der Waals surface area contributed by atoms with Crippen molar-refractivity contribution in [2.45, 2.75) is 39.5 Å². The average molecular weight is 437 g/mol. The van der Waals surface area contributed by atoms with Crippen molar-refractivity contribution < 1.29 is 19.1 Å². The van der Waals surface area contributed by atoms with Gasteiger partial charge < -0.3 is 15.4 Å². The van der Waals surface area contributed by atoms with Crippen LogP contribution in [0.4, 0.5) is 5.00 Å². The molecule has 1 fully saturated rings. The maximum atomic E-state index is 12.6. The van der Waals surface area contributed by atoms with Crippen molar-refractivity contribution in [1.29, 1.82) is 0 Å². The lowest BCUT2D eigenvalue weighted by atomic mass is 10.1. The molecule has 2 heterocycles. The third kappa shape index (κ3) is 5.80. The lowest BCUT2D eigenvalue weighted by Crippen LogP contribution is -2.51. The quantitative estimate of drug-likeness (QED) is 0.570. The van der Waals surface area contributed by atoms with Crippen molar-refractivity contribution in [1.82, 2.24) is 15.1 Å². The van der Waals surface area contributed by atoms with Crippen molar-refractivity contribution in [3.63, 3.8) is 0 Å². The number of nitrogens with zero attached hydrogens (tertiary/aromatic N) is 2. The van der Waals surface area contributed by atoms with Gasteiger partial charge in [-0.25, -0.2) is 4.79 Å². The fourth-order valence-corrected chi connectivity index (χ4v) is 5.20. The largest absolute Gasteiger partial charge is 0.462 e. The molecule has 1 aromatic heterocycles. The van der Waals surface area contributed by atoms with E-state index in [4.69, 9.17) is 4.74 Å². The number of piperazine rings is 1. The molecule has 1 aliphatic carbocycles. The van der Waals surface area contributed by atoms with E-state index in [1.165, 1.54) is 16.2 Å². The first kappa shape index (κ1) is 22.7. The summed E-state index contributed by atoms with van der Waals surface area (Å²) in [4.78, 5) is 42.3. The number of ether oxygens (including phenoxy) is 1.